The first-order valence-electron chi connectivity index (χ1n) is 6.50. The van der Waals surface area contributed by atoms with Gasteiger partial charge >= 0.3 is 0 Å². The van der Waals surface area contributed by atoms with Gasteiger partial charge in [-0.25, -0.2) is 0 Å². The second-order valence-corrected chi connectivity index (χ2v) is 7.25. The van der Waals surface area contributed by atoms with E-state index < -0.39 is 0 Å². The van der Waals surface area contributed by atoms with Crippen LogP contribution in [0.25, 0.3) is 0 Å². The number of phenolic OH excluding ortho intramolecular Hbond substituents is 1. The molecule has 0 unspecified atom stereocenters. The molecule has 0 amide bonds. The van der Waals surface area contributed by atoms with Crippen molar-refractivity contribution in [2.75, 3.05) is 19.0 Å². The second kappa shape index (κ2) is 4.49. The summed E-state index contributed by atoms with van der Waals surface area (Å²) in [6.45, 7) is 12.8. The zero-order valence-electron chi connectivity index (χ0n) is 13.0. The summed E-state index contributed by atoms with van der Waals surface area (Å²) in [5, 5.41) is 10.7. The highest BCUT2D eigenvalue weighted by molar-refractivity contribution is 5.64. The summed E-state index contributed by atoms with van der Waals surface area (Å²) < 4.78 is 0. The molecule has 0 saturated carbocycles. The van der Waals surface area contributed by atoms with Gasteiger partial charge in [0, 0.05) is 25.3 Å². The number of hydrogen-bond donors (Lipinski definition) is 1. The van der Waals surface area contributed by atoms with E-state index in [0.29, 0.717) is 5.75 Å². The van der Waals surface area contributed by atoms with Crippen LogP contribution in [0.2, 0.25) is 0 Å². The van der Waals surface area contributed by atoms with Crippen LogP contribution in [0.5, 0.6) is 5.75 Å². The normalized spacial score (nSPS) is 12.7. The van der Waals surface area contributed by atoms with Gasteiger partial charge in [-0.3, -0.25) is 0 Å². The Morgan fingerprint density at radius 2 is 1.39 bits per heavy atom. The summed E-state index contributed by atoms with van der Waals surface area (Å²) >= 11 is 0. The third-order valence-electron chi connectivity index (χ3n) is 3.20. The van der Waals surface area contributed by atoms with Gasteiger partial charge in [0.1, 0.15) is 5.75 Å². The molecule has 0 heterocycles. The van der Waals surface area contributed by atoms with E-state index in [4.69, 9.17) is 0 Å². The van der Waals surface area contributed by atoms with Crippen molar-refractivity contribution in [1.29, 1.82) is 0 Å². The third-order valence-corrected chi connectivity index (χ3v) is 3.20. The molecule has 0 saturated heterocycles. The number of hydrogen-bond acceptors (Lipinski definition) is 2. The minimum Gasteiger partial charge on any atom is -0.507 e. The average molecular weight is 249 g/mol. The Hall–Kier alpha value is -1.18. The Morgan fingerprint density at radius 1 is 0.889 bits per heavy atom. The molecule has 0 bridgehead atoms. The van der Waals surface area contributed by atoms with E-state index in [0.717, 1.165) is 16.8 Å². The van der Waals surface area contributed by atoms with E-state index in [1.165, 1.54) is 0 Å². The van der Waals surface area contributed by atoms with Crippen molar-refractivity contribution >= 4 is 5.69 Å². The number of rotatable bonds is 1. The molecule has 0 aromatic heterocycles. The fourth-order valence-electron chi connectivity index (χ4n) is 2.30. The van der Waals surface area contributed by atoms with Crippen LogP contribution in [0.3, 0.4) is 0 Å². The van der Waals surface area contributed by atoms with Gasteiger partial charge in [0.25, 0.3) is 0 Å². The van der Waals surface area contributed by atoms with Crippen molar-refractivity contribution < 1.29 is 5.11 Å². The molecule has 102 valence electrons. The summed E-state index contributed by atoms with van der Waals surface area (Å²) in [5.41, 5.74) is 3.01. The maximum Gasteiger partial charge on any atom is 0.125 e. The highest BCUT2D eigenvalue weighted by Gasteiger charge is 2.28. The van der Waals surface area contributed by atoms with Crippen LogP contribution in [-0.2, 0) is 10.8 Å². The molecule has 1 aromatic rings. The number of phenols is 1. The topological polar surface area (TPSA) is 23.5 Å². The maximum absolute atomic E-state index is 10.7. The van der Waals surface area contributed by atoms with E-state index in [1.807, 2.05) is 20.2 Å². The zero-order valence-corrected chi connectivity index (χ0v) is 13.0. The number of anilines is 1. The lowest BCUT2D eigenvalue weighted by molar-refractivity contribution is 0.423. The van der Waals surface area contributed by atoms with E-state index >= 15 is 0 Å². The van der Waals surface area contributed by atoms with Gasteiger partial charge in [-0.2, -0.15) is 0 Å². The first-order valence-corrected chi connectivity index (χ1v) is 6.50. The standard InChI is InChI=1S/C16H27NO/c1-15(2,3)11-9-10-12(17(7)8)13(14(11)18)16(4,5)6/h9-10,18H,1-8H3. The van der Waals surface area contributed by atoms with Crippen LogP contribution in [0.1, 0.15) is 52.7 Å². The molecule has 2 heteroatoms. The monoisotopic (exact) mass is 249 g/mol. The van der Waals surface area contributed by atoms with Crippen molar-refractivity contribution in [2.45, 2.75) is 52.4 Å². The fourth-order valence-corrected chi connectivity index (χ4v) is 2.30. The molecule has 0 atom stereocenters. The molecule has 0 radical (unpaired) electrons. The van der Waals surface area contributed by atoms with Crippen molar-refractivity contribution in [3.8, 4) is 5.75 Å². The molecule has 18 heavy (non-hydrogen) atoms. The summed E-state index contributed by atoms with van der Waals surface area (Å²) in [4.78, 5) is 2.06. The minimum atomic E-state index is -0.0784. The predicted octanol–water partition coefficient (Wildman–Crippen LogP) is 4.05. The minimum absolute atomic E-state index is 0.0467. The molecule has 1 rings (SSSR count). The van der Waals surface area contributed by atoms with Gasteiger partial charge < -0.3 is 10.0 Å². The van der Waals surface area contributed by atoms with Crippen LogP contribution < -0.4 is 4.90 Å². The number of benzene rings is 1. The Balaban J connectivity index is 3.61. The van der Waals surface area contributed by atoms with Gasteiger partial charge in [0.05, 0.1) is 0 Å². The van der Waals surface area contributed by atoms with Crippen molar-refractivity contribution in [3.05, 3.63) is 23.3 Å². The summed E-state index contributed by atoms with van der Waals surface area (Å²) in [6.07, 6.45) is 0. The average Bonchev–Trinajstić information content (AvgIpc) is 2.12. The Labute approximate surface area is 112 Å². The molecule has 1 N–H and O–H groups in total. The van der Waals surface area contributed by atoms with Gasteiger partial charge in [0.2, 0.25) is 0 Å². The molecule has 0 aliphatic rings. The Morgan fingerprint density at radius 3 is 1.72 bits per heavy atom. The van der Waals surface area contributed by atoms with Gasteiger partial charge in [-0.1, -0.05) is 47.6 Å². The summed E-state index contributed by atoms with van der Waals surface area (Å²) in [6, 6.07) is 4.15. The molecule has 2 nitrogen and oxygen atoms in total. The van der Waals surface area contributed by atoms with Crippen LogP contribution in [0, 0.1) is 0 Å². The molecular formula is C16H27NO. The first kappa shape index (κ1) is 14.9. The van der Waals surface area contributed by atoms with Crippen molar-refractivity contribution in [1.82, 2.24) is 0 Å². The molecular weight excluding hydrogens is 222 g/mol. The SMILES string of the molecule is CN(C)c1ccc(C(C)(C)C)c(O)c1C(C)(C)C. The lowest BCUT2D eigenvalue weighted by atomic mass is 9.78. The Kier molecular flexibility index (Phi) is 3.71. The second-order valence-electron chi connectivity index (χ2n) is 7.25. The van der Waals surface area contributed by atoms with Gasteiger partial charge in [-0.15, -0.1) is 0 Å². The summed E-state index contributed by atoms with van der Waals surface area (Å²) in [7, 11) is 4.03. The Bertz CT molecular complexity index is 434. The molecule has 0 aliphatic carbocycles. The number of aromatic hydroxyl groups is 1. The van der Waals surface area contributed by atoms with E-state index in [-0.39, 0.29) is 10.8 Å². The van der Waals surface area contributed by atoms with Gasteiger partial charge in [-0.05, 0) is 22.5 Å². The fraction of sp³-hybridized carbons (Fsp3) is 0.625. The predicted molar refractivity (Wildman–Crippen MR) is 79.8 cm³/mol. The van der Waals surface area contributed by atoms with E-state index in [1.54, 1.807) is 0 Å². The highest BCUT2D eigenvalue weighted by atomic mass is 16.3. The van der Waals surface area contributed by atoms with Gasteiger partial charge in [0.15, 0.2) is 0 Å². The lowest BCUT2D eigenvalue weighted by Crippen LogP contribution is -2.22. The van der Waals surface area contributed by atoms with E-state index in [9.17, 15) is 5.11 Å². The molecule has 0 aliphatic heterocycles. The third kappa shape index (κ3) is 2.80. The van der Waals surface area contributed by atoms with E-state index in [2.05, 4.69) is 52.5 Å². The van der Waals surface area contributed by atoms with Crippen molar-refractivity contribution in [3.63, 3.8) is 0 Å². The lowest BCUT2D eigenvalue weighted by Gasteiger charge is -2.31. The van der Waals surface area contributed by atoms with Crippen LogP contribution in [-0.4, -0.2) is 19.2 Å². The first-order chi connectivity index (χ1) is 7.96. The molecule has 0 spiro atoms. The quantitative estimate of drug-likeness (QED) is 0.811. The maximum atomic E-state index is 10.7. The molecule has 1 aromatic carbocycles. The van der Waals surface area contributed by atoms with Crippen molar-refractivity contribution in [2.24, 2.45) is 0 Å². The summed E-state index contributed by atoms with van der Waals surface area (Å²) in [5.74, 6) is 0.446. The largest absolute Gasteiger partial charge is 0.507 e. The molecule has 0 fully saturated rings. The smallest absolute Gasteiger partial charge is 0.125 e. The van der Waals surface area contributed by atoms with Crippen LogP contribution in [0.4, 0.5) is 5.69 Å². The van der Waals surface area contributed by atoms with Crippen LogP contribution in [0.15, 0.2) is 12.1 Å². The zero-order chi connectivity index (χ0) is 14.3. The highest BCUT2D eigenvalue weighted by Crippen LogP contribution is 2.43. The number of nitrogens with zero attached hydrogens (tertiary/aromatic N) is 1. The van der Waals surface area contributed by atoms with Crippen LogP contribution >= 0.6 is 0 Å².